The minimum Gasteiger partial charge on any atom is -0.508 e. The van der Waals surface area contributed by atoms with Crippen molar-refractivity contribution < 1.29 is 19.1 Å². The lowest BCUT2D eigenvalue weighted by Crippen LogP contribution is -2.30. The van der Waals surface area contributed by atoms with Gasteiger partial charge in [-0.1, -0.05) is 6.07 Å². The number of hydrogen-bond donors (Lipinski definition) is 3. The topological polar surface area (TPSA) is 117 Å². The van der Waals surface area contributed by atoms with Gasteiger partial charge >= 0.3 is 0 Å². The van der Waals surface area contributed by atoms with Crippen molar-refractivity contribution in [2.24, 2.45) is 0 Å². The van der Waals surface area contributed by atoms with E-state index in [1.165, 1.54) is 12.1 Å². The largest absolute Gasteiger partial charge is 0.508 e. The highest BCUT2D eigenvalue weighted by Crippen LogP contribution is 2.20. The van der Waals surface area contributed by atoms with Crippen LogP contribution in [0.15, 0.2) is 45.5 Å². The first-order valence-corrected chi connectivity index (χ1v) is 9.75. The van der Waals surface area contributed by atoms with Crippen molar-refractivity contribution in [3.05, 3.63) is 52.5 Å². The fourth-order valence-corrected chi connectivity index (χ4v) is 3.06. The molecule has 0 atom stereocenters. The number of nitrogens with one attached hydrogen (secondary N) is 2. The van der Waals surface area contributed by atoms with Gasteiger partial charge in [-0.15, -0.1) is 10.2 Å². The van der Waals surface area contributed by atoms with Gasteiger partial charge in [-0.2, -0.15) is 11.3 Å². The molecule has 0 radical (unpaired) electrons. The lowest BCUT2D eigenvalue weighted by Gasteiger charge is -2.07. The van der Waals surface area contributed by atoms with E-state index in [1.54, 1.807) is 23.5 Å². The maximum atomic E-state index is 11.9. The first-order chi connectivity index (χ1) is 13.6. The number of carbonyl (C=O) groups is 2. The van der Waals surface area contributed by atoms with Crippen LogP contribution in [-0.2, 0) is 11.2 Å². The summed E-state index contributed by atoms with van der Waals surface area (Å²) in [4.78, 5) is 23.8. The first-order valence-electron chi connectivity index (χ1n) is 8.80. The Morgan fingerprint density at radius 2 is 2.00 bits per heavy atom. The van der Waals surface area contributed by atoms with E-state index in [0.717, 1.165) is 5.56 Å². The van der Waals surface area contributed by atoms with Crippen molar-refractivity contribution in [1.29, 1.82) is 0 Å². The molecule has 2 aromatic heterocycles. The van der Waals surface area contributed by atoms with Crippen LogP contribution in [0.1, 0.15) is 29.1 Å². The van der Waals surface area contributed by atoms with Gasteiger partial charge in [-0.3, -0.25) is 9.59 Å². The lowest BCUT2D eigenvalue weighted by molar-refractivity contribution is -0.121. The molecule has 8 nitrogen and oxygen atoms in total. The molecule has 0 saturated heterocycles. The summed E-state index contributed by atoms with van der Waals surface area (Å²) in [5, 5.41) is 26.7. The van der Waals surface area contributed by atoms with E-state index in [9.17, 15) is 14.7 Å². The fraction of sp³-hybridized carbons (Fsp3) is 0.263. The average molecular weight is 400 g/mol. The van der Waals surface area contributed by atoms with Crippen molar-refractivity contribution in [1.82, 2.24) is 20.8 Å². The molecule has 0 fully saturated rings. The van der Waals surface area contributed by atoms with Gasteiger partial charge in [0.25, 0.3) is 5.91 Å². The summed E-state index contributed by atoms with van der Waals surface area (Å²) in [5.41, 5.74) is 1.27. The molecular formula is C19H20N4O4S. The summed E-state index contributed by atoms with van der Waals surface area (Å²) in [6.07, 6.45) is 1.22. The van der Waals surface area contributed by atoms with Crippen molar-refractivity contribution in [2.75, 3.05) is 13.1 Å². The number of phenols is 1. The molecule has 9 heteroatoms. The number of aryl methyl sites for hydroxylation is 1. The van der Waals surface area contributed by atoms with Crippen LogP contribution >= 0.6 is 11.3 Å². The second-order valence-corrected chi connectivity index (χ2v) is 6.80. The monoisotopic (exact) mass is 400 g/mol. The highest BCUT2D eigenvalue weighted by Gasteiger charge is 2.11. The van der Waals surface area contributed by atoms with Crippen LogP contribution in [0.4, 0.5) is 0 Å². The molecule has 0 aliphatic heterocycles. The Balaban J connectivity index is 1.30. The van der Waals surface area contributed by atoms with Crippen LogP contribution in [0.3, 0.4) is 0 Å². The predicted octanol–water partition coefficient (Wildman–Crippen LogP) is 2.37. The Hall–Kier alpha value is -3.20. The standard InChI is InChI=1S/C19H20N4O4S/c24-15-4-1-3-13(11-15)18(26)21-9-2-8-20-16(25)5-6-17-22-23-19(27-17)14-7-10-28-12-14/h1,3-4,7,10-12,24H,2,5-6,8-9H2,(H,20,25)(H,21,26). The van der Waals surface area contributed by atoms with Crippen LogP contribution in [0.5, 0.6) is 5.75 Å². The van der Waals surface area contributed by atoms with Gasteiger partial charge in [0, 0.05) is 42.4 Å². The number of nitrogens with zero attached hydrogens (tertiary/aromatic N) is 2. The number of aromatic nitrogens is 2. The highest BCUT2D eigenvalue weighted by molar-refractivity contribution is 7.08. The summed E-state index contributed by atoms with van der Waals surface area (Å²) in [6, 6.07) is 8.03. The zero-order valence-electron chi connectivity index (χ0n) is 15.1. The van der Waals surface area contributed by atoms with E-state index in [-0.39, 0.29) is 24.0 Å². The quantitative estimate of drug-likeness (QED) is 0.475. The van der Waals surface area contributed by atoms with Crippen LogP contribution in [-0.4, -0.2) is 40.2 Å². The molecule has 0 spiro atoms. The summed E-state index contributed by atoms with van der Waals surface area (Å²) in [7, 11) is 0. The van der Waals surface area contributed by atoms with Crippen LogP contribution < -0.4 is 10.6 Å². The SMILES string of the molecule is O=C(CCc1nnc(-c2ccsc2)o1)NCCCNC(=O)c1cccc(O)c1. The number of phenolic OH excluding ortho intramolecular Hbond substituents is 1. The number of carbonyl (C=O) groups excluding carboxylic acids is 2. The Morgan fingerprint density at radius 3 is 2.79 bits per heavy atom. The number of rotatable bonds is 9. The molecule has 146 valence electrons. The fourth-order valence-electron chi connectivity index (χ4n) is 2.43. The van der Waals surface area contributed by atoms with E-state index < -0.39 is 0 Å². The summed E-state index contributed by atoms with van der Waals surface area (Å²) in [5.74, 6) is 0.548. The molecule has 2 amide bonds. The predicted molar refractivity (Wildman–Crippen MR) is 104 cm³/mol. The Bertz CT molecular complexity index is 924. The molecule has 3 N–H and O–H groups in total. The zero-order chi connectivity index (χ0) is 19.8. The minimum atomic E-state index is -0.264. The summed E-state index contributed by atoms with van der Waals surface area (Å²) < 4.78 is 5.54. The molecule has 2 heterocycles. The van der Waals surface area contributed by atoms with E-state index in [2.05, 4.69) is 20.8 Å². The molecule has 0 saturated carbocycles. The van der Waals surface area contributed by atoms with Crippen molar-refractivity contribution >= 4 is 23.2 Å². The smallest absolute Gasteiger partial charge is 0.251 e. The molecule has 3 rings (SSSR count). The maximum absolute atomic E-state index is 11.9. The second-order valence-electron chi connectivity index (χ2n) is 6.02. The third kappa shape index (κ3) is 5.65. The maximum Gasteiger partial charge on any atom is 0.251 e. The lowest BCUT2D eigenvalue weighted by atomic mass is 10.2. The third-order valence-electron chi connectivity index (χ3n) is 3.87. The average Bonchev–Trinajstić information content (AvgIpc) is 3.37. The molecule has 0 bridgehead atoms. The van der Waals surface area contributed by atoms with Gasteiger partial charge < -0.3 is 20.2 Å². The van der Waals surface area contributed by atoms with Gasteiger partial charge in [0.15, 0.2) is 0 Å². The summed E-state index contributed by atoms with van der Waals surface area (Å²) in [6.45, 7) is 0.867. The van der Waals surface area contributed by atoms with Gasteiger partial charge in [0.2, 0.25) is 17.7 Å². The summed E-state index contributed by atoms with van der Waals surface area (Å²) >= 11 is 1.55. The Labute approximate surface area is 165 Å². The molecular weight excluding hydrogens is 380 g/mol. The minimum absolute atomic E-state index is 0.0450. The molecule has 28 heavy (non-hydrogen) atoms. The number of thiophene rings is 1. The second kappa shape index (κ2) is 9.65. The first kappa shape index (κ1) is 19.6. The Morgan fingerprint density at radius 1 is 1.14 bits per heavy atom. The van der Waals surface area contributed by atoms with Gasteiger partial charge in [0.1, 0.15) is 5.75 Å². The van der Waals surface area contributed by atoms with Crippen LogP contribution in [0.25, 0.3) is 11.5 Å². The van der Waals surface area contributed by atoms with E-state index in [1.807, 2.05) is 16.8 Å². The van der Waals surface area contributed by atoms with Gasteiger partial charge in [-0.05, 0) is 36.1 Å². The third-order valence-corrected chi connectivity index (χ3v) is 4.55. The van der Waals surface area contributed by atoms with Gasteiger partial charge in [-0.25, -0.2) is 0 Å². The van der Waals surface area contributed by atoms with E-state index >= 15 is 0 Å². The van der Waals surface area contributed by atoms with Crippen LogP contribution in [0.2, 0.25) is 0 Å². The molecule has 3 aromatic rings. The van der Waals surface area contributed by atoms with Gasteiger partial charge in [0.05, 0.1) is 0 Å². The number of aromatic hydroxyl groups is 1. The molecule has 0 aliphatic carbocycles. The highest BCUT2D eigenvalue weighted by atomic mass is 32.1. The van der Waals surface area contributed by atoms with Crippen molar-refractivity contribution in [3.63, 3.8) is 0 Å². The molecule has 0 unspecified atom stereocenters. The zero-order valence-corrected chi connectivity index (χ0v) is 15.9. The number of amides is 2. The normalized spacial score (nSPS) is 10.6. The van der Waals surface area contributed by atoms with E-state index in [4.69, 9.17) is 4.42 Å². The van der Waals surface area contributed by atoms with Crippen LogP contribution in [0, 0.1) is 0 Å². The Kier molecular flexibility index (Phi) is 6.74. The van der Waals surface area contributed by atoms with E-state index in [0.29, 0.717) is 43.3 Å². The molecule has 0 aliphatic rings. The number of hydrogen-bond acceptors (Lipinski definition) is 7. The number of benzene rings is 1. The van der Waals surface area contributed by atoms with Crippen molar-refractivity contribution in [2.45, 2.75) is 19.3 Å². The molecule has 1 aromatic carbocycles. The van der Waals surface area contributed by atoms with Crippen molar-refractivity contribution in [3.8, 4) is 17.2 Å².